The van der Waals surface area contributed by atoms with Crippen molar-refractivity contribution in [1.82, 2.24) is 0 Å². The Hall–Kier alpha value is -2.13. The molecule has 0 aliphatic carbocycles. The van der Waals surface area contributed by atoms with Crippen LogP contribution in [0, 0.1) is 0 Å². The molecule has 1 aromatic rings. The molecule has 0 radical (unpaired) electrons. The predicted octanol–water partition coefficient (Wildman–Crippen LogP) is 7.97. The van der Waals surface area contributed by atoms with Crippen LogP contribution in [0.15, 0.2) is 59.7 Å². The second-order valence-electron chi connectivity index (χ2n) is 8.87. The van der Waals surface area contributed by atoms with E-state index >= 15 is 0 Å². The van der Waals surface area contributed by atoms with Crippen molar-refractivity contribution >= 4 is 11.6 Å². The number of nitrogens with zero attached hydrogens (tertiary/aromatic N) is 1. The fourth-order valence-electron chi connectivity index (χ4n) is 3.61. The van der Waals surface area contributed by atoms with Gasteiger partial charge in [-0.3, -0.25) is 4.79 Å². The van der Waals surface area contributed by atoms with Crippen molar-refractivity contribution in [2.24, 2.45) is 0 Å². The van der Waals surface area contributed by atoms with Crippen molar-refractivity contribution in [2.45, 2.75) is 99.0 Å². The van der Waals surface area contributed by atoms with E-state index in [0.717, 1.165) is 19.2 Å². The second-order valence-corrected chi connectivity index (χ2v) is 8.87. The first-order valence-electron chi connectivity index (χ1n) is 12.1. The van der Waals surface area contributed by atoms with Crippen LogP contribution in [0.2, 0.25) is 0 Å². The molecule has 2 rings (SSSR count). The number of benzene rings is 1. The Bertz CT molecular complexity index is 704. The van der Waals surface area contributed by atoms with Gasteiger partial charge in [-0.05, 0) is 71.1 Å². The topological polar surface area (TPSA) is 40.5 Å². The van der Waals surface area contributed by atoms with Crippen LogP contribution in [0.4, 0.5) is 5.69 Å². The van der Waals surface area contributed by atoms with Crippen LogP contribution < -0.4 is 4.90 Å². The summed E-state index contributed by atoms with van der Waals surface area (Å²) in [5, 5.41) is 7.00. The summed E-state index contributed by atoms with van der Waals surface area (Å²) in [6.07, 6.45) is 15.1. The van der Waals surface area contributed by atoms with Gasteiger partial charge >= 0.3 is 0 Å². The monoisotopic (exact) mass is 441 g/mol. The average Bonchev–Trinajstić information content (AvgIpc) is 3.14. The second kappa shape index (κ2) is 17.4. The predicted molar refractivity (Wildman–Crippen MR) is 141 cm³/mol. The molecule has 0 saturated carbocycles. The molecular weight excluding hydrogens is 394 g/mol. The minimum atomic E-state index is 0.227. The van der Waals surface area contributed by atoms with E-state index in [9.17, 15) is 4.79 Å². The molecule has 0 bridgehead atoms. The Kier molecular flexibility index (Phi) is 16.3. The van der Waals surface area contributed by atoms with Crippen LogP contribution in [-0.4, -0.2) is 24.2 Å². The largest absolute Gasteiger partial charge is 0.400 e. The summed E-state index contributed by atoms with van der Waals surface area (Å²) in [5.74, 6) is 0.841. The number of carbonyl (C=O) groups excluding carboxylic acids is 1. The van der Waals surface area contributed by atoms with E-state index in [1.807, 2.05) is 17.9 Å². The van der Waals surface area contributed by atoms with Crippen molar-refractivity contribution in [1.29, 1.82) is 0 Å². The van der Waals surface area contributed by atoms with Gasteiger partial charge in [0.2, 0.25) is 5.91 Å². The highest BCUT2D eigenvalue weighted by Crippen LogP contribution is 2.30. The molecule has 1 aliphatic rings. The average molecular weight is 442 g/mol. The molecule has 180 valence electrons. The van der Waals surface area contributed by atoms with Gasteiger partial charge in [-0.1, -0.05) is 80.7 Å². The molecule has 2 unspecified atom stereocenters. The Morgan fingerprint density at radius 3 is 2.09 bits per heavy atom. The summed E-state index contributed by atoms with van der Waals surface area (Å²) in [5.41, 5.74) is 5.13. The third-order valence-corrected chi connectivity index (χ3v) is 5.40. The summed E-state index contributed by atoms with van der Waals surface area (Å²) in [4.78, 5) is 14.1. The number of aliphatic hydroxyl groups excluding tert-OH is 1. The Labute approximate surface area is 197 Å². The highest BCUT2D eigenvalue weighted by atomic mass is 16.2. The van der Waals surface area contributed by atoms with Gasteiger partial charge in [-0.15, -0.1) is 0 Å². The van der Waals surface area contributed by atoms with Crippen LogP contribution in [0.5, 0.6) is 0 Å². The number of allylic oxidation sites excluding steroid dienone is 5. The van der Waals surface area contributed by atoms with E-state index in [1.165, 1.54) is 42.4 Å². The summed E-state index contributed by atoms with van der Waals surface area (Å²) in [6, 6.07) is 8.86. The molecule has 0 aromatic heterocycles. The number of anilines is 1. The van der Waals surface area contributed by atoms with Gasteiger partial charge in [-0.25, -0.2) is 0 Å². The first-order valence-corrected chi connectivity index (χ1v) is 12.1. The Morgan fingerprint density at radius 2 is 1.62 bits per heavy atom. The summed E-state index contributed by atoms with van der Waals surface area (Å²) in [6.45, 7) is 14.9. The van der Waals surface area contributed by atoms with Gasteiger partial charge in [0.05, 0.1) is 6.04 Å². The zero-order chi connectivity index (χ0) is 24.5. The number of unbranched alkanes of at least 4 members (excludes halogenated alkanes) is 2. The third-order valence-electron chi connectivity index (χ3n) is 5.40. The standard InChI is InChI=1S/C20H29NO.C8H14.CH4O/c1-4-6-7-9-16(3)17-10-12-19(13-11-17)21-18(8-5-2)14-15-20(21)22;1-7(2)5-6-8(3)4;1-2/h5,8,10-13,16,18H,4,6-7,9,14-15H2,1-3H3;5-6H,1-4H3;2H,1H3/b8-5+;;. The van der Waals surface area contributed by atoms with E-state index in [4.69, 9.17) is 5.11 Å². The van der Waals surface area contributed by atoms with E-state index in [-0.39, 0.29) is 11.9 Å². The van der Waals surface area contributed by atoms with E-state index in [2.05, 4.69) is 84.0 Å². The smallest absolute Gasteiger partial charge is 0.227 e. The molecule has 1 saturated heterocycles. The van der Waals surface area contributed by atoms with Gasteiger partial charge in [-0.2, -0.15) is 0 Å². The quantitative estimate of drug-likeness (QED) is 0.252. The summed E-state index contributed by atoms with van der Waals surface area (Å²) >= 11 is 0. The molecule has 1 aromatic carbocycles. The molecule has 1 amide bonds. The number of rotatable bonds is 8. The van der Waals surface area contributed by atoms with Crippen molar-refractivity contribution in [3.63, 3.8) is 0 Å². The number of carbonyl (C=O) groups is 1. The zero-order valence-electron chi connectivity index (χ0n) is 21.8. The molecule has 3 nitrogen and oxygen atoms in total. The van der Waals surface area contributed by atoms with Crippen LogP contribution in [0.3, 0.4) is 0 Å². The van der Waals surface area contributed by atoms with Crippen LogP contribution in [0.25, 0.3) is 0 Å². The van der Waals surface area contributed by atoms with Gasteiger partial charge < -0.3 is 10.0 Å². The third kappa shape index (κ3) is 11.5. The molecule has 1 N–H and O–H groups in total. The molecule has 0 spiro atoms. The lowest BCUT2D eigenvalue weighted by molar-refractivity contribution is -0.117. The molecule has 1 heterocycles. The normalized spacial score (nSPS) is 16.0. The molecule has 1 fully saturated rings. The zero-order valence-corrected chi connectivity index (χ0v) is 21.8. The lowest BCUT2D eigenvalue weighted by Gasteiger charge is -2.23. The van der Waals surface area contributed by atoms with Gasteiger partial charge in [0, 0.05) is 19.2 Å². The van der Waals surface area contributed by atoms with E-state index in [1.54, 1.807) is 0 Å². The minimum Gasteiger partial charge on any atom is -0.400 e. The van der Waals surface area contributed by atoms with Crippen molar-refractivity contribution < 1.29 is 9.90 Å². The fraction of sp³-hybridized carbons (Fsp3) is 0.552. The van der Waals surface area contributed by atoms with Gasteiger partial charge in [0.1, 0.15) is 0 Å². The minimum absolute atomic E-state index is 0.227. The Morgan fingerprint density at radius 1 is 1.06 bits per heavy atom. The highest BCUT2D eigenvalue weighted by Gasteiger charge is 2.30. The summed E-state index contributed by atoms with van der Waals surface area (Å²) in [7, 11) is 1.00. The highest BCUT2D eigenvalue weighted by molar-refractivity contribution is 5.96. The van der Waals surface area contributed by atoms with Gasteiger partial charge in [0.15, 0.2) is 0 Å². The SMILES string of the molecule is C/C=C/C1CCC(=O)N1c1ccc(C(C)CCCCC)cc1.CC(C)=CC=C(C)C.CO. The van der Waals surface area contributed by atoms with E-state index < -0.39 is 0 Å². The maximum atomic E-state index is 12.1. The molecule has 32 heavy (non-hydrogen) atoms. The number of hydrogen-bond donors (Lipinski definition) is 1. The van der Waals surface area contributed by atoms with Crippen molar-refractivity contribution in [3.8, 4) is 0 Å². The van der Waals surface area contributed by atoms with Crippen molar-refractivity contribution in [3.05, 3.63) is 65.3 Å². The number of amides is 1. The molecular formula is C29H47NO2. The van der Waals surface area contributed by atoms with Crippen molar-refractivity contribution in [2.75, 3.05) is 12.0 Å². The first-order chi connectivity index (χ1) is 15.3. The first kappa shape index (κ1) is 29.9. The Balaban J connectivity index is 0.000000814. The number of aliphatic hydroxyl groups is 1. The van der Waals surface area contributed by atoms with Gasteiger partial charge in [0.25, 0.3) is 0 Å². The van der Waals surface area contributed by atoms with Crippen LogP contribution in [0.1, 0.15) is 98.5 Å². The maximum Gasteiger partial charge on any atom is 0.227 e. The van der Waals surface area contributed by atoms with E-state index in [0.29, 0.717) is 12.3 Å². The molecule has 2 atom stereocenters. The van der Waals surface area contributed by atoms with Crippen LogP contribution in [-0.2, 0) is 4.79 Å². The molecule has 3 heteroatoms. The number of hydrogen-bond acceptors (Lipinski definition) is 2. The lowest BCUT2D eigenvalue weighted by Crippen LogP contribution is -2.31. The summed E-state index contributed by atoms with van der Waals surface area (Å²) < 4.78 is 0. The fourth-order valence-corrected chi connectivity index (χ4v) is 3.61. The lowest BCUT2D eigenvalue weighted by atomic mass is 9.95. The molecule has 1 aliphatic heterocycles. The van der Waals surface area contributed by atoms with Crippen LogP contribution >= 0.6 is 0 Å². The maximum absolute atomic E-state index is 12.1.